The summed E-state index contributed by atoms with van der Waals surface area (Å²) in [6.07, 6.45) is -0.100. The molecule has 0 saturated carbocycles. The van der Waals surface area contributed by atoms with Gasteiger partial charge in [-0.2, -0.15) is 0 Å². The molecule has 1 N–H and O–H groups in total. The van der Waals surface area contributed by atoms with E-state index in [0.717, 1.165) is 12.1 Å². The average molecular weight is 322 g/mol. The van der Waals surface area contributed by atoms with Crippen molar-refractivity contribution in [3.63, 3.8) is 0 Å². The second kappa shape index (κ2) is 6.67. The van der Waals surface area contributed by atoms with E-state index in [0.29, 0.717) is 5.56 Å². The van der Waals surface area contributed by atoms with Gasteiger partial charge < -0.3 is 9.90 Å². The van der Waals surface area contributed by atoms with Crippen LogP contribution in [-0.4, -0.2) is 20.4 Å². The SMILES string of the molecule is O=C([O-])[C@@H](Cc1ccccc1)NS(=O)(=O)c1ccccc1F. The van der Waals surface area contributed by atoms with Crippen molar-refractivity contribution in [3.8, 4) is 0 Å². The molecule has 0 aliphatic carbocycles. The van der Waals surface area contributed by atoms with Gasteiger partial charge in [-0.3, -0.25) is 0 Å². The summed E-state index contributed by atoms with van der Waals surface area (Å²) in [5.74, 6) is -2.53. The second-order valence-electron chi connectivity index (χ2n) is 4.61. The second-order valence-corrected chi connectivity index (χ2v) is 6.30. The van der Waals surface area contributed by atoms with Crippen LogP contribution < -0.4 is 9.83 Å². The van der Waals surface area contributed by atoms with Gasteiger partial charge in [-0.05, 0) is 24.1 Å². The highest BCUT2D eigenvalue weighted by atomic mass is 32.2. The van der Waals surface area contributed by atoms with Crippen molar-refractivity contribution in [1.82, 2.24) is 4.72 Å². The van der Waals surface area contributed by atoms with Crippen LogP contribution in [0.5, 0.6) is 0 Å². The molecule has 0 heterocycles. The van der Waals surface area contributed by atoms with Gasteiger partial charge in [0.15, 0.2) is 0 Å². The molecule has 2 aromatic carbocycles. The Hall–Kier alpha value is -2.25. The van der Waals surface area contributed by atoms with E-state index in [1.165, 1.54) is 12.1 Å². The first kappa shape index (κ1) is 16.1. The molecule has 0 bridgehead atoms. The normalized spacial score (nSPS) is 12.8. The number of carbonyl (C=O) groups is 1. The zero-order chi connectivity index (χ0) is 16.2. The third-order valence-electron chi connectivity index (χ3n) is 2.99. The van der Waals surface area contributed by atoms with Crippen LogP contribution >= 0.6 is 0 Å². The van der Waals surface area contributed by atoms with Gasteiger partial charge in [0, 0.05) is 0 Å². The van der Waals surface area contributed by atoms with Gasteiger partial charge in [0.05, 0.1) is 12.0 Å². The number of nitrogens with one attached hydrogen (secondary N) is 1. The van der Waals surface area contributed by atoms with Gasteiger partial charge in [-0.15, -0.1) is 0 Å². The first-order valence-corrected chi connectivity index (χ1v) is 7.90. The van der Waals surface area contributed by atoms with E-state index in [9.17, 15) is 22.7 Å². The van der Waals surface area contributed by atoms with Crippen LogP contribution in [0.4, 0.5) is 4.39 Å². The van der Waals surface area contributed by atoms with E-state index in [4.69, 9.17) is 0 Å². The van der Waals surface area contributed by atoms with Crippen molar-refractivity contribution in [2.75, 3.05) is 0 Å². The minimum Gasteiger partial charge on any atom is -0.548 e. The van der Waals surface area contributed by atoms with Crippen LogP contribution in [0.1, 0.15) is 5.56 Å². The summed E-state index contributed by atoms with van der Waals surface area (Å²) < 4.78 is 39.8. The van der Waals surface area contributed by atoms with E-state index in [2.05, 4.69) is 0 Å². The van der Waals surface area contributed by atoms with E-state index in [-0.39, 0.29) is 6.42 Å². The zero-order valence-corrected chi connectivity index (χ0v) is 12.2. The molecule has 1 atom stereocenters. The Balaban J connectivity index is 2.24. The number of hydrogen-bond acceptors (Lipinski definition) is 4. The van der Waals surface area contributed by atoms with Crippen molar-refractivity contribution >= 4 is 16.0 Å². The van der Waals surface area contributed by atoms with Gasteiger partial charge in [0.25, 0.3) is 0 Å². The number of rotatable bonds is 6. The highest BCUT2D eigenvalue weighted by molar-refractivity contribution is 7.89. The molecule has 0 aromatic heterocycles. The van der Waals surface area contributed by atoms with Gasteiger partial charge >= 0.3 is 0 Å². The summed E-state index contributed by atoms with van der Waals surface area (Å²) in [5.41, 5.74) is 0.618. The largest absolute Gasteiger partial charge is 0.548 e. The maximum absolute atomic E-state index is 13.6. The van der Waals surface area contributed by atoms with Crippen molar-refractivity contribution in [3.05, 3.63) is 66.0 Å². The van der Waals surface area contributed by atoms with Crippen LogP contribution in [0, 0.1) is 5.82 Å². The molecule has 116 valence electrons. The lowest BCUT2D eigenvalue weighted by molar-refractivity contribution is -0.307. The van der Waals surface area contributed by atoms with Crippen LogP contribution in [0.2, 0.25) is 0 Å². The number of sulfonamides is 1. The summed E-state index contributed by atoms with van der Waals surface area (Å²) in [5, 5.41) is 11.2. The summed E-state index contributed by atoms with van der Waals surface area (Å²) >= 11 is 0. The summed E-state index contributed by atoms with van der Waals surface area (Å²) in [6, 6.07) is 11.7. The average Bonchev–Trinajstić information content (AvgIpc) is 2.47. The van der Waals surface area contributed by atoms with Gasteiger partial charge in [-0.1, -0.05) is 42.5 Å². The van der Waals surface area contributed by atoms with Gasteiger partial charge in [-0.25, -0.2) is 17.5 Å². The molecule has 0 unspecified atom stereocenters. The Morgan fingerprint density at radius 3 is 2.27 bits per heavy atom. The lowest BCUT2D eigenvalue weighted by Gasteiger charge is -2.20. The molecular weight excluding hydrogens is 309 g/mol. The highest BCUT2D eigenvalue weighted by Gasteiger charge is 2.23. The van der Waals surface area contributed by atoms with Crippen molar-refractivity contribution < 1.29 is 22.7 Å². The van der Waals surface area contributed by atoms with Crippen molar-refractivity contribution in [1.29, 1.82) is 0 Å². The number of halogens is 1. The van der Waals surface area contributed by atoms with Crippen LogP contribution in [0.3, 0.4) is 0 Å². The molecule has 5 nitrogen and oxygen atoms in total. The monoisotopic (exact) mass is 322 g/mol. The number of aliphatic carboxylic acids is 1. The first-order chi connectivity index (χ1) is 10.4. The predicted molar refractivity (Wildman–Crippen MR) is 75.7 cm³/mol. The molecule has 0 spiro atoms. The molecule has 0 amide bonds. The third-order valence-corrected chi connectivity index (χ3v) is 4.50. The molecule has 22 heavy (non-hydrogen) atoms. The Bertz CT molecular complexity index is 762. The van der Waals surface area contributed by atoms with E-state index in [1.807, 2.05) is 4.72 Å². The zero-order valence-electron chi connectivity index (χ0n) is 11.4. The lowest BCUT2D eigenvalue weighted by Crippen LogP contribution is -2.49. The van der Waals surface area contributed by atoms with Gasteiger partial charge in [0.2, 0.25) is 10.0 Å². The molecular formula is C15H13FNO4S-. The Kier molecular flexibility index (Phi) is 4.89. The molecule has 0 aliphatic rings. The third kappa shape index (κ3) is 3.90. The Morgan fingerprint density at radius 2 is 1.68 bits per heavy atom. The number of benzene rings is 2. The maximum Gasteiger partial charge on any atom is 0.244 e. The standard InChI is InChI=1S/C15H14FNO4S/c16-12-8-4-5-9-14(12)22(20,21)17-13(15(18)19)10-11-6-2-1-3-7-11/h1-9,13,17H,10H2,(H,18,19)/p-1/t13-/m1/s1. The fourth-order valence-corrected chi connectivity index (χ4v) is 3.20. The summed E-state index contributed by atoms with van der Waals surface area (Å²) in [7, 11) is -4.30. The van der Waals surface area contributed by atoms with Crippen molar-refractivity contribution in [2.24, 2.45) is 0 Å². The summed E-state index contributed by atoms with van der Waals surface area (Å²) in [6.45, 7) is 0. The quantitative estimate of drug-likeness (QED) is 0.837. The minimum absolute atomic E-state index is 0.100. The van der Waals surface area contributed by atoms with Crippen LogP contribution in [0.15, 0.2) is 59.5 Å². The van der Waals surface area contributed by atoms with E-state index < -0.39 is 32.7 Å². The van der Waals surface area contributed by atoms with E-state index >= 15 is 0 Å². The molecule has 2 aromatic rings. The minimum atomic E-state index is -4.30. The molecule has 0 aliphatic heterocycles. The smallest absolute Gasteiger partial charge is 0.244 e. The number of carboxylic acid groups (broad SMARTS) is 1. The lowest BCUT2D eigenvalue weighted by atomic mass is 10.1. The maximum atomic E-state index is 13.6. The molecule has 2 rings (SSSR count). The molecule has 0 saturated heterocycles. The number of carbonyl (C=O) groups excluding carboxylic acids is 1. The predicted octanol–water partition coefficient (Wildman–Crippen LogP) is 0.465. The van der Waals surface area contributed by atoms with E-state index in [1.54, 1.807) is 30.3 Å². The molecule has 0 radical (unpaired) electrons. The van der Waals surface area contributed by atoms with Crippen LogP contribution in [-0.2, 0) is 21.2 Å². The highest BCUT2D eigenvalue weighted by Crippen LogP contribution is 2.14. The Labute approximate surface area is 127 Å². The number of carboxylic acids is 1. The fraction of sp³-hybridized carbons (Fsp3) is 0.133. The molecule has 7 heteroatoms. The Morgan fingerprint density at radius 1 is 1.09 bits per heavy atom. The fourth-order valence-electron chi connectivity index (χ4n) is 1.94. The first-order valence-electron chi connectivity index (χ1n) is 6.42. The topological polar surface area (TPSA) is 86.3 Å². The van der Waals surface area contributed by atoms with Gasteiger partial charge in [0.1, 0.15) is 10.7 Å². The summed E-state index contributed by atoms with van der Waals surface area (Å²) in [4.78, 5) is 10.6. The van der Waals surface area contributed by atoms with Crippen LogP contribution in [0.25, 0.3) is 0 Å². The van der Waals surface area contributed by atoms with Crippen molar-refractivity contribution in [2.45, 2.75) is 17.4 Å². The number of hydrogen-bond donors (Lipinski definition) is 1. The molecule has 0 fully saturated rings.